The molecule has 4 unspecified atom stereocenters. The van der Waals surface area contributed by atoms with Crippen LogP contribution in [0.5, 0.6) is 0 Å². The number of piperidine rings is 2. The van der Waals surface area contributed by atoms with Crippen LogP contribution in [-0.2, 0) is 4.79 Å². The van der Waals surface area contributed by atoms with E-state index in [2.05, 4.69) is 9.80 Å². The minimum absolute atomic E-state index is 0.470. The van der Waals surface area contributed by atoms with Crippen LogP contribution in [0.15, 0.2) is 0 Å². The van der Waals surface area contributed by atoms with Crippen molar-refractivity contribution in [3.8, 4) is 0 Å². The Morgan fingerprint density at radius 3 is 2.17 bits per heavy atom. The van der Waals surface area contributed by atoms with Crippen LogP contribution in [0.2, 0.25) is 0 Å². The molecule has 7 fully saturated rings. The summed E-state index contributed by atoms with van der Waals surface area (Å²) < 4.78 is 0. The molecule has 3 nitrogen and oxygen atoms in total. The van der Waals surface area contributed by atoms with E-state index < -0.39 is 0 Å². The number of fused-ring (bicyclic) bond motifs is 5. The van der Waals surface area contributed by atoms with Gasteiger partial charge in [0.1, 0.15) is 0 Å². The molecule has 29 heavy (non-hydrogen) atoms. The summed E-state index contributed by atoms with van der Waals surface area (Å²) in [5.41, 5.74) is 1.15. The largest absolute Gasteiger partial charge is 0.342 e. The van der Waals surface area contributed by atoms with Gasteiger partial charge in [-0.1, -0.05) is 19.3 Å². The average Bonchev–Trinajstić information content (AvgIpc) is 3.34. The summed E-state index contributed by atoms with van der Waals surface area (Å²) in [5, 5.41) is 0. The van der Waals surface area contributed by atoms with Gasteiger partial charge in [-0.05, 0) is 105 Å². The predicted molar refractivity (Wildman–Crippen MR) is 116 cm³/mol. The van der Waals surface area contributed by atoms with Gasteiger partial charge in [-0.3, -0.25) is 4.79 Å². The van der Waals surface area contributed by atoms with Crippen molar-refractivity contribution in [2.24, 2.45) is 34.5 Å². The summed E-state index contributed by atoms with van der Waals surface area (Å²) in [5.74, 6) is 4.41. The Balaban J connectivity index is 1.05. The predicted octanol–water partition coefficient (Wildman–Crippen LogP) is 5.10. The smallest absolute Gasteiger partial charge is 0.223 e. The Bertz CT molecular complexity index is 641. The summed E-state index contributed by atoms with van der Waals surface area (Å²) >= 11 is 0. The molecule has 0 N–H and O–H groups in total. The number of hydrogen-bond donors (Lipinski definition) is 0. The number of hydrogen-bond acceptors (Lipinski definition) is 2. The van der Waals surface area contributed by atoms with E-state index in [4.69, 9.17) is 0 Å². The van der Waals surface area contributed by atoms with Gasteiger partial charge in [0.05, 0.1) is 0 Å². The van der Waals surface area contributed by atoms with Gasteiger partial charge in [0.15, 0.2) is 0 Å². The average molecular weight is 399 g/mol. The number of likely N-dealkylation sites (tertiary alicyclic amines) is 2. The minimum atomic E-state index is 0.470. The van der Waals surface area contributed by atoms with E-state index in [9.17, 15) is 4.79 Å². The van der Waals surface area contributed by atoms with E-state index in [1.807, 2.05) is 0 Å². The zero-order valence-corrected chi connectivity index (χ0v) is 18.5. The van der Waals surface area contributed by atoms with Crippen LogP contribution < -0.4 is 0 Å². The van der Waals surface area contributed by atoms with E-state index in [-0.39, 0.29) is 0 Å². The van der Waals surface area contributed by atoms with Crippen molar-refractivity contribution < 1.29 is 4.79 Å². The first-order chi connectivity index (χ1) is 14.1. The van der Waals surface area contributed by atoms with E-state index in [1.165, 1.54) is 96.6 Å². The van der Waals surface area contributed by atoms with Crippen LogP contribution >= 0.6 is 0 Å². The Morgan fingerprint density at radius 2 is 1.48 bits per heavy atom. The highest BCUT2D eigenvalue weighted by molar-refractivity contribution is 5.76. The van der Waals surface area contributed by atoms with Crippen LogP contribution in [0.3, 0.4) is 0 Å². The summed E-state index contributed by atoms with van der Waals surface area (Å²) in [6.07, 6.45) is 19.5. The van der Waals surface area contributed by atoms with Crippen molar-refractivity contribution in [1.82, 2.24) is 9.80 Å². The molecule has 2 spiro atoms. The summed E-state index contributed by atoms with van der Waals surface area (Å²) in [6, 6.07) is 0. The molecule has 5 saturated carbocycles. The molecule has 0 aromatic rings. The van der Waals surface area contributed by atoms with Crippen LogP contribution in [0.4, 0.5) is 0 Å². The Hall–Kier alpha value is -0.570. The molecule has 2 saturated heterocycles. The second kappa shape index (κ2) is 7.24. The second-order valence-corrected chi connectivity index (χ2v) is 12.3. The highest BCUT2D eigenvalue weighted by Gasteiger charge is 2.52. The number of carbonyl (C=O) groups is 1. The maximum absolute atomic E-state index is 13.2. The van der Waals surface area contributed by atoms with Gasteiger partial charge in [-0.15, -0.1) is 0 Å². The van der Waals surface area contributed by atoms with E-state index >= 15 is 0 Å². The topological polar surface area (TPSA) is 23.6 Å². The molecule has 7 rings (SSSR count). The van der Waals surface area contributed by atoms with Crippen molar-refractivity contribution in [3.05, 3.63) is 0 Å². The SMILES string of the molecule is O=C(CCN1CCCC2(CC3CCC2C3)C1)N1CCCC2(CC3CCC2CC3)C1. The third-order valence-electron chi connectivity index (χ3n) is 10.8. The van der Waals surface area contributed by atoms with Crippen molar-refractivity contribution in [2.45, 2.75) is 89.9 Å². The van der Waals surface area contributed by atoms with Gasteiger partial charge < -0.3 is 9.80 Å². The van der Waals surface area contributed by atoms with Gasteiger partial charge in [0.2, 0.25) is 5.91 Å². The van der Waals surface area contributed by atoms with Gasteiger partial charge in [-0.25, -0.2) is 0 Å². The molecule has 2 aliphatic heterocycles. The van der Waals surface area contributed by atoms with Crippen molar-refractivity contribution in [3.63, 3.8) is 0 Å². The normalized spacial score (nSPS) is 46.8. The lowest BCUT2D eigenvalue weighted by molar-refractivity contribution is -0.140. The molecule has 4 atom stereocenters. The molecule has 162 valence electrons. The number of nitrogens with zero attached hydrogens (tertiary/aromatic N) is 2. The molecule has 1 amide bonds. The Labute approximate surface area is 178 Å². The maximum atomic E-state index is 13.2. The molecule has 7 aliphatic rings. The van der Waals surface area contributed by atoms with Gasteiger partial charge in [0.25, 0.3) is 0 Å². The molecule has 0 radical (unpaired) electrons. The van der Waals surface area contributed by atoms with Crippen LogP contribution in [0.25, 0.3) is 0 Å². The Morgan fingerprint density at radius 1 is 0.793 bits per heavy atom. The monoisotopic (exact) mass is 398 g/mol. The lowest BCUT2D eigenvalue weighted by Crippen LogP contribution is -2.54. The molecule has 2 heterocycles. The van der Waals surface area contributed by atoms with Crippen LogP contribution in [0.1, 0.15) is 89.9 Å². The van der Waals surface area contributed by atoms with Crippen molar-refractivity contribution in [1.29, 1.82) is 0 Å². The lowest BCUT2D eigenvalue weighted by Gasteiger charge is -2.56. The van der Waals surface area contributed by atoms with E-state index in [1.54, 1.807) is 0 Å². The molecule has 3 heteroatoms. The van der Waals surface area contributed by atoms with Gasteiger partial charge in [0, 0.05) is 32.6 Å². The first-order valence-electron chi connectivity index (χ1n) is 13.1. The molecule has 0 aromatic heterocycles. The number of amides is 1. The fourth-order valence-corrected chi connectivity index (χ4v) is 9.51. The summed E-state index contributed by atoms with van der Waals surface area (Å²) in [4.78, 5) is 18.2. The first kappa shape index (κ1) is 19.1. The van der Waals surface area contributed by atoms with Gasteiger partial charge >= 0.3 is 0 Å². The lowest BCUT2D eigenvalue weighted by atomic mass is 9.53. The van der Waals surface area contributed by atoms with Crippen LogP contribution in [0, 0.1) is 34.5 Å². The van der Waals surface area contributed by atoms with E-state index in [0.717, 1.165) is 49.7 Å². The summed E-state index contributed by atoms with van der Waals surface area (Å²) in [6.45, 7) is 5.69. The third-order valence-corrected chi connectivity index (χ3v) is 10.8. The fourth-order valence-electron chi connectivity index (χ4n) is 9.51. The van der Waals surface area contributed by atoms with E-state index in [0.29, 0.717) is 16.7 Å². The molecule has 4 bridgehead atoms. The highest BCUT2D eigenvalue weighted by Crippen LogP contribution is 2.59. The first-order valence-corrected chi connectivity index (χ1v) is 13.1. The second-order valence-electron chi connectivity index (χ2n) is 12.3. The number of rotatable bonds is 3. The molecule has 5 aliphatic carbocycles. The van der Waals surface area contributed by atoms with Crippen molar-refractivity contribution in [2.75, 3.05) is 32.7 Å². The quantitative estimate of drug-likeness (QED) is 0.660. The number of carbonyl (C=O) groups excluding carboxylic acids is 1. The van der Waals surface area contributed by atoms with Crippen LogP contribution in [-0.4, -0.2) is 48.4 Å². The maximum Gasteiger partial charge on any atom is 0.223 e. The zero-order valence-electron chi connectivity index (χ0n) is 18.5. The third kappa shape index (κ3) is 3.29. The summed E-state index contributed by atoms with van der Waals surface area (Å²) in [7, 11) is 0. The Kier molecular flexibility index (Phi) is 4.78. The molecular weight excluding hydrogens is 356 g/mol. The minimum Gasteiger partial charge on any atom is -0.342 e. The fraction of sp³-hybridized carbons (Fsp3) is 0.962. The van der Waals surface area contributed by atoms with Gasteiger partial charge in [-0.2, -0.15) is 0 Å². The zero-order chi connectivity index (χ0) is 19.5. The van der Waals surface area contributed by atoms with Crippen molar-refractivity contribution >= 4 is 5.91 Å². The standard InChI is InChI=1S/C26H42N2O/c29-24(28-13-2-11-26(19-28)16-20-3-6-22(26)7-4-20)9-14-27-12-1-10-25(18-27)17-21-5-8-23(25)15-21/h20-23H,1-19H2. The highest BCUT2D eigenvalue weighted by atomic mass is 16.2. The molecular formula is C26H42N2O. The molecule has 0 aromatic carbocycles.